The highest BCUT2D eigenvalue weighted by Gasteiger charge is 2.44. The number of piperidine rings is 2. The molecule has 0 aromatic heterocycles. The van der Waals surface area contributed by atoms with Gasteiger partial charge in [-0.25, -0.2) is 0 Å². The number of amides is 4. The fourth-order valence-corrected chi connectivity index (χ4v) is 4.69. The summed E-state index contributed by atoms with van der Waals surface area (Å²) in [6, 6.07) is 4.35. The number of carbonyl (C=O) groups excluding carboxylic acids is 4. The number of imide groups is 2. The fourth-order valence-electron chi connectivity index (χ4n) is 4.69. The number of nitrogens with one attached hydrogen (secondary N) is 1. The van der Waals surface area contributed by atoms with Crippen LogP contribution < -0.4 is 5.32 Å². The van der Waals surface area contributed by atoms with Gasteiger partial charge in [-0.3, -0.25) is 34.2 Å². The second-order valence-corrected chi connectivity index (χ2v) is 8.37. The van der Waals surface area contributed by atoms with Gasteiger partial charge in [0.25, 0.3) is 11.8 Å². The van der Waals surface area contributed by atoms with E-state index < -0.39 is 35.6 Å². The largest absolute Gasteiger partial charge is 0.481 e. The zero-order chi connectivity index (χ0) is 22.1. The molecule has 3 aliphatic heterocycles. The van der Waals surface area contributed by atoms with Crippen molar-refractivity contribution in [1.82, 2.24) is 15.1 Å². The minimum absolute atomic E-state index is 0.0973. The van der Waals surface area contributed by atoms with Crippen molar-refractivity contribution >= 4 is 29.6 Å². The van der Waals surface area contributed by atoms with Crippen LogP contribution in [0, 0.1) is 0 Å². The first-order valence-corrected chi connectivity index (χ1v) is 10.6. The molecular formula is C22H25N3O6. The minimum atomic E-state index is -0.956. The first-order chi connectivity index (χ1) is 14.8. The molecule has 9 nitrogen and oxygen atoms in total. The molecule has 0 radical (unpaired) electrons. The van der Waals surface area contributed by atoms with Gasteiger partial charge in [-0.15, -0.1) is 0 Å². The first kappa shape index (κ1) is 21.2. The third kappa shape index (κ3) is 4.23. The highest BCUT2D eigenvalue weighted by molar-refractivity contribution is 6.23. The Balaban J connectivity index is 1.43. The number of likely N-dealkylation sites (tertiary alicyclic amines) is 1. The Labute approximate surface area is 179 Å². The summed E-state index contributed by atoms with van der Waals surface area (Å²) < 4.78 is 0. The van der Waals surface area contributed by atoms with Gasteiger partial charge in [0.05, 0.1) is 11.1 Å². The van der Waals surface area contributed by atoms with Gasteiger partial charge >= 0.3 is 5.97 Å². The van der Waals surface area contributed by atoms with Crippen LogP contribution in [0.4, 0.5) is 0 Å². The van der Waals surface area contributed by atoms with E-state index in [4.69, 9.17) is 5.11 Å². The summed E-state index contributed by atoms with van der Waals surface area (Å²) in [5, 5.41) is 11.0. The summed E-state index contributed by atoms with van der Waals surface area (Å²) in [4.78, 5) is 63.3. The number of nitrogens with zero attached hydrogens (tertiary/aromatic N) is 2. The molecule has 0 bridgehead atoms. The molecule has 1 aromatic carbocycles. The standard InChI is InChI=1S/C22H25N3O6/c26-18-6-5-17(20(29)23-18)25-21(30)15-4-3-14(12-16(15)22(25)31)13-7-10-24(11-8-13)9-1-2-19(27)28/h3-4,12-13,17H,1-2,5-11H2,(H,27,28)(H,23,26,29). The lowest BCUT2D eigenvalue weighted by molar-refractivity contribution is -0.138. The van der Waals surface area contributed by atoms with E-state index in [1.807, 2.05) is 6.07 Å². The normalized spacial score (nSPS) is 22.6. The Kier molecular flexibility index (Phi) is 5.86. The number of hydrogen-bond donors (Lipinski definition) is 2. The van der Waals surface area contributed by atoms with E-state index in [-0.39, 0.29) is 25.2 Å². The predicted molar refractivity (Wildman–Crippen MR) is 108 cm³/mol. The number of carboxylic acid groups (broad SMARTS) is 1. The molecule has 3 heterocycles. The summed E-state index contributed by atoms with van der Waals surface area (Å²) in [6.45, 7) is 2.48. The summed E-state index contributed by atoms with van der Waals surface area (Å²) in [7, 11) is 0. The molecule has 4 amide bonds. The molecule has 2 saturated heterocycles. The van der Waals surface area contributed by atoms with E-state index >= 15 is 0 Å². The van der Waals surface area contributed by atoms with Gasteiger partial charge in [0, 0.05) is 12.8 Å². The van der Waals surface area contributed by atoms with Gasteiger partial charge in [0.2, 0.25) is 11.8 Å². The molecule has 0 spiro atoms. The first-order valence-electron chi connectivity index (χ1n) is 10.6. The van der Waals surface area contributed by atoms with Gasteiger partial charge in [0.15, 0.2) is 0 Å². The minimum Gasteiger partial charge on any atom is -0.481 e. The lowest BCUT2D eigenvalue weighted by Gasteiger charge is -2.32. The SMILES string of the molecule is O=C(O)CCCN1CCC(c2ccc3c(c2)C(=O)N(C2CCC(=O)NC2=O)C3=O)CC1. The lowest BCUT2D eigenvalue weighted by atomic mass is 9.87. The van der Waals surface area contributed by atoms with Crippen molar-refractivity contribution < 1.29 is 29.1 Å². The van der Waals surface area contributed by atoms with E-state index in [0.29, 0.717) is 17.5 Å². The van der Waals surface area contributed by atoms with Gasteiger partial charge in [-0.2, -0.15) is 0 Å². The summed E-state index contributed by atoms with van der Waals surface area (Å²) >= 11 is 0. The summed E-state index contributed by atoms with van der Waals surface area (Å²) in [6.07, 6.45) is 2.83. The zero-order valence-corrected chi connectivity index (χ0v) is 17.1. The Morgan fingerprint density at radius 2 is 1.74 bits per heavy atom. The summed E-state index contributed by atoms with van der Waals surface area (Å²) in [5.41, 5.74) is 1.61. The number of carbonyl (C=O) groups is 5. The fraction of sp³-hybridized carbons (Fsp3) is 0.500. The van der Waals surface area contributed by atoms with Crippen molar-refractivity contribution in [1.29, 1.82) is 0 Å². The van der Waals surface area contributed by atoms with Crippen molar-refractivity contribution in [2.45, 2.75) is 50.5 Å². The van der Waals surface area contributed by atoms with Crippen molar-refractivity contribution in [3.05, 3.63) is 34.9 Å². The number of benzene rings is 1. The summed E-state index contributed by atoms with van der Waals surface area (Å²) in [5.74, 6) is -2.50. The number of hydrogen-bond acceptors (Lipinski definition) is 6. The van der Waals surface area contributed by atoms with Crippen molar-refractivity contribution in [2.75, 3.05) is 19.6 Å². The molecule has 9 heteroatoms. The third-order valence-corrected chi connectivity index (χ3v) is 6.39. The van der Waals surface area contributed by atoms with Gasteiger partial charge in [-0.05, 0) is 68.9 Å². The van der Waals surface area contributed by atoms with Crippen LogP contribution in [0.1, 0.15) is 70.7 Å². The molecule has 0 saturated carbocycles. The highest BCUT2D eigenvalue weighted by Crippen LogP contribution is 2.33. The van der Waals surface area contributed by atoms with E-state index in [2.05, 4.69) is 10.2 Å². The number of rotatable bonds is 6. The maximum atomic E-state index is 13.0. The maximum absolute atomic E-state index is 13.0. The second-order valence-electron chi connectivity index (χ2n) is 8.37. The van der Waals surface area contributed by atoms with Crippen LogP contribution in [0.2, 0.25) is 0 Å². The second kappa shape index (κ2) is 8.58. The lowest BCUT2D eigenvalue weighted by Crippen LogP contribution is -2.54. The monoisotopic (exact) mass is 427 g/mol. The maximum Gasteiger partial charge on any atom is 0.303 e. The number of aliphatic carboxylic acids is 1. The average Bonchev–Trinajstić information content (AvgIpc) is 2.98. The van der Waals surface area contributed by atoms with Crippen LogP contribution in [0.25, 0.3) is 0 Å². The van der Waals surface area contributed by atoms with Crippen molar-refractivity contribution in [2.24, 2.45) is 0 Å². The van der Waals surface area contributed by atoms with E-state index in [1.54, 1.807) is 12.1 Å². The van der Waals surface area contributed by atoms with Crippen LogP contribution in [0.5, 0.6) is 0 Å². The molecule has 3 aliphatic rings. The smallest absolute Gasteiger partial charge is 0.303 e. The van der Waals surface area contributed by atoms with Crippen LogP contribution in [-0.2, 0) is 14.4 Å². The predicted octanol–water partition coefficient (Wildman–Crippen LogP) is 1.13. The number of fused-ring (bicyclic) bond motifs is 1. The van der Waals surface area contributed by atoms with E-state index in [9.17, 15) is 24.0 Å². The van der Waals surface area contributed by atoms with Crippen LogP contribution in [0.15, 0.2) is 18.2 Å². The molecule has 164 valence electrons. The van der Waals surface area contributed by atoms with E-state index in [1.165, 1.54) is 0 Å². The Hall–Kier alpha value is -3.07. The van der Waals surface area contributed by atoms with Crippen LogP contribution in [0.3, 0.4) is 0 Å². The molecule has 31 heavy (non-hydrogen) atoms. The van der Waals surface area contributed by atoms with Crippen molar-refractivity contribution in [3.8, 4) is 0 Å². The van der Waals surface area contributed by atoms with Crippen LogP contribution in [-0.4, -0.2) is 70.2 Å². The topological polar surface area (TPSA) is 124 Å². The van der Waals surface area contributed by atoms with Gasteiger partial charge in [-0.1, -0.05) is 6.07 Å². The number of carboxylic acids is 1. The van der Waals surface area contributed by atoms with Crippen molar-refractivity contribution in [3.63, 3.8) is 0 Å². The average molecular weight is 427 g/mol. The molecular weight excluding hydrogens is 402 g/mol. The molecule has 4 rings (SSSR count). The van der Waals surface area contributed by atoms with E-state index in [0.717, 1.165) is 42.9 Å². The molecule has 1 unspecified atom stereocenters. The molecule has 2 fully saturated rings. The van der Waals surface area contributed by atoms with Crippen LogP contribution >= 0.6 is 0 Å². The highest BCUT2D eigenvalue weighted by atomic mass is 16.4. The Morgan fingerprint density at radius 1 is 1.03 bits per heavy atom. The van der Waals surface area contributed by atoms with Gasteiger partial charge in [0.1, 0.15) is 6.04 Å². The third-order valence-electron chi connectivity index (χ3n) is 6.39. The molecule has 1 aromatic rings. The zero-order valence-electron chi connectivity index (χ0n) is 17.1. The Morgan fingerprint density at radius 3 is 2.42 bits per heavy atom. The molecule has 0 aliphatic carbocycles. The van der Waals surface area contributed by atoms with Gasteiger partial charge < -0.3 is 10.0 Å². The molecule has 2 N–H and O–H groups in total. The molecule has 1 atom stereocenters. The Bertz CT molecular complexity index is 951. The quantitative estimate of drug-likeness (QED) is 0.652.